The number of aromatic nitrogens is 1. The SMILES string of the molecule is C=CCOC(=O)c1ccc2c(c1)c(C)c(C)n2Cc1cccc(O[C@@H](C(=O)OC)C(C)C)c1. The number of methoxy groups -OCH3 is 1. The molecule has 0 N–H and O–H groups in total. The van der Waals surface area contributed by atoms with Crippen LogP contribution in [0.15, 0.2) is 55.1 Å². The van der Waals surface area contributed by atoms with Gasteiger partial charge in [-0.1, -0.05) is 38.6 Å². The smallest absolute Gasteiger partial charge is 0.347 e. The molecule has 0 fully saturated rings. The third-order valence-corrected chi connectivity index (χ3v) is 5.75. The number of nitrogens with zero attached hydrogens (tertiary/aromatic N) is 1. The van der Waals surface area contributed by atoms with Crippen molar-refractivity contribution in [1.29, 1.82) is 0 Å². The number of hydrogen-bond donors (Lipinski definition) is 0. The maximum Gasteiger partial charge on any atom is 0.347 e. The van der Waals surface area contributed by atoms with Crippen molar-refractivity contribution in [2.75, 3.05) is 13.7 Å². The van der Waals surface area contributed by atoms with Crippen LogP contribution in [0.3, 0.4) is 0 Å². The predicted molar refractivity (Wildman–Crippen MR) is 129 cm³/mol. The highest BCUT2D eigenvalue weighted by atomic mass is 16.6. The van der Waals surface area contributed by atoms with Gasteiger partial charge in [-0.25, -0.2) is 9.59 Å². The number of ether oxygens (including phenoxy) is 3. The van der Waals surface area contributed by atoms with Crippen LogP contribution in [0.1, 0.15) is 41.0 Å². The molecular formula is C27H31NO5. The second-order valence-electron chi connectivity index (χ2n) is 8.37. The first-order valence-corrected chi connectivity index (χ1v) is 11.0. The second-order valence-corrected chi connectivity index (χ2v) is 8.37. The van der Waals surface area contributed by atoms with Crippen LogP contribution in [0.25, 0.3) is 10.9 Å². The molecule has 1 heterocycles. The Hall–Kier alpha value is -3.54. The van der Waals surface area contributed by atoms with Gasteiger partial charge in [0.1, 0.15) is 12.4 Å². The van der Waals surface area contributed by atoms with E-state index in [1.807, 2.05) is 50.2 Å². The normalized spacial score (nSPS) is 11.9. The topological polar surface area (TPSA) is 66.8 Å². The Morgan fingerprint density at radius 1 is 1.12 bits per heavy atom. The van der Waals surface area contributed by atoms with Gasteiger partial charge < -0.3 is 18.8 Å². The third-order valence-electron chi connectivity index (χ3n) is 5.75. The second kappa shape index (κ2) is 10.4. The quantitative estimate of drug-likeness (QED) is 0.331. The van der Waals surface area contributed by atoms with E-state index in [1.54, 1.807) is 12.1 Å². The average molecular weight is 450 g/mol. The van der Waals surface area contributed by atoms with Gasteiger partial charge in [0.15, 0.2) is 6.10 Å². The van der Waals surface area contributed by atoms with Gasteiger partial charge in [-0.15, -0.1) is 0 Å². The number of hydrogen-bond acceptors (Lipinski definition) is 5. The maximum absolute atomic E-state index is 12.3. The summed E-state index contributed by atoms with van der Waals surface area (Å²) >= 11 is 0. The molecular weight excluding hydrogens is 418 g/mol. The van der Waals surface area contributed by atoms with Gasteiger partial charge in [-0.05, 0) is 55.3 Å². The monoisotopic (exact) mass is 449 g/mol. The summed E-state index contributed by atoms with van der Waals surface area (Å²) in [7, 11) is 1.37. The number of esters is 2. The van der Waals surface area contributed by atoms with E-state index in [0.29, 0.717) is 17.9 Å². The number of benzene rings is 2. The van der Waals surface area contributed by atoms with E-state index in [-0.39, 0.29) is 24.5 Å². The minimum absolute atomic E-state index is 0.0215. The zero-order valence-electron chi connectivity index (χ0n) is 19.9. The van der Waals surface area contributed by atoms with E-state index >= 15 is 0 Å². The lowest BCUT2D eigenvalue weighted by Crippen LogP contribution is -2.33. The summed E-state index contributed by atoms with van der Waals surface area (Å²) < 4.78 is 18.2. The predicted octanol–water partition coefficient (Wildman–Crippen LogP) is 5.23. The number of carbonyl (C=O) groups excluding carboxylic acids is 2. The Labute approximate surface area is 194 Å². The first-order valence-electron chi connectivity index (χ1n) is 11.0. The summed E-state index contributed by atoms with van der Waals surface area (Å²) in [6.45, 7) is 12.3. The molecule has 0 unspecified atom stereocenters. The molecule has 0 aliphatic heterocycles. The van der Waals surface area contributed by atoms with Crippen molar-refractivity contribution in [2.45, 2.75) is 40.3 Å². The number of carbonyl (C=O) groups is 2. The van der Waals surface area contributed by atoms with Crippen molar-refractivity contribution in [3.63, 3.8) is 0 Å². The van der Waals surface area contributed by atoms with Gasteiger partial charge in [0.05, 0.1) is 12.7 Å². The van der Waals surface area contributed by atoms with Crippen LogP contribution in [0, 0.1) is 19.8 Å². The van der Waals surface area contributed by atoms with Gasteiger partial charge in [0, 0.05) is 29.1 Å². The molecule has 3 rings (SSSR count). The van der Waals surface area contributed by atoms with Crippen LogP contribution in [-0.4, -0.2) is 36.3 Å². The van der Waals surface area contributed by atoms with Crippen LogP contribution in [0.5, 0.6) is 5.75 Å². The minimum Gasteiger partial charge on any atom is -0.478 e. The minimum atomic E-state index is -0.666. The van der Waals surface area contributed by atoms with Gasteiger partial charge in [0.2, 0.25) is 0 Å². The zero-order valence-corrected chi connectivity index (χ0v) is 19.9. The fraction of sp³-hybridized carbons (Fsp3) is 0.333. The van der Waals surface area contributed by atoms with Crippen molar-refractivity contribution >= 4 is 22.8 Å². The molecule has 0 radical (unpaired) electrons. The molecule has 0 aliphatic carbocycles. The van der Waals surface area contributed by atoms with Gasteiger partial charge in [-0.2, -0.15) is 0 Å². The van der Waals surface area contributed by atoms with E-state index in [1.165, 1.54) is 7.11 Å². The summed E-state index contributed by atoms with van der Waals surface area (Å²) in [5.74, 6) is -0.154. The van der Waals surface area contributed by atoms with Crippen molar-refractivity contribution in [2.24, 2.45) is 5.92 Å². The number of rotatable bonds is 9. The zero-order chi connectivity index (χ0) is 24.1. The van der Waals surface area contributed by atoms with Crippen molar-refractivity contribution in [1.82, 2.24) is 4.57 Å². The largest absolute Gasteiger partial charge is 0.478 e. The molecule has 1 aromatic heterocycles. The van der Waals surface area contributed by atoms with E-state index in [9.17, 15) is 9.59 Å². The summed E-state index contributed by atoms with van der Waals surface area (Å²) in [6.07, 6.45) is 0.884. The van der Waals surface area contributed by atoms with Gasteiger partial charge >= 0.3 is 11.9 Å². The Kier molecular flexibility index (Phi) is 7.59. The van der Waals surface area contributed by atoms with Crippen LogP contribution < -0.4 is 4.74 Å². The maximum atomic E-state index is 12.3. The highest BCUT2D eigenvalue weighted by Crippen LogP contribution is 2.28. The molecule has 0 aliphatic rings. The molecule has 2 aromatic carbocycles. The molecule has 1 atom stereocenters. The van der Waals surface area contributed by atoms with Gasteiger partial charge in [-0.3, -0.25) is 0 Å². The van der Waals surface area contributed by atoms with Crippen LogP contribution >= 0.6 is 0 Å². The molecule has 3 aromatic rings. The first-order chi connectivity index (χ1) is 15.8. The summed E-state index contributed by atoms with van der Waals surface area (Å²) in [5.41, 5.74) is 4.81. The van der Waals surface area contributed by atoms with E-state index < -0.39 is 6.10 Å². The summed E-state index contributed by atoms with van der Waals surface area (Å²) in [5, 5.41) is 1.01. The molecule has 0 spiro atoms. The lowest BCUT2D eigenvalue weighted by atomic mass is 10.1. The molecule has 174 valence electrons. The van der Waals surface area contributed by atoms with Crippen LogP contribution in [0.2, 0.25) is 0 Å². The van der Waals surface area contributed by atoms with Crippen LogP contribution in [-0.2, 0) is 20.8 Å². The Morgan fingerprint density at radius 3 is 2.55 bits per heavy atom. The lowest BCUT2D eigenvalue weighted by Gasteiger charge is -2.20. The van der Waals surface area contributed by atoms with Crippen molar-refractivity contribution in [3.05, 3.63) is 77.5 Å². The van der Waals surface area contributed by atoms with Crippen LogP contribution in [0.4, 0.5) is 0 Å². The molecule has 0 amide bonds. The van der Waals surface area contributed by atoms with Crippen molar-refractivity contribution < 1.29 is 23.8 Å². The highest BCUT2D eigenvalue weighted by Gasteiger charge is 2.25. The van der Waals surface area contributed by atoms with Gasteiger partial charge in [0.25, 0.3) is 0 Å². The molecule has 6 nitrogen and oxygen atoms in total. The molecule has 0 saturated carbocycles. The molecule has 0 bridgehead atoms. The first kappa shape index (κ1) is 24.1. The lowest BCUT2D eigenvalue weighted by molar-refractivity contribution is -0.150. The Morgan fingerprint density at radius 2 is 1.88 bits per heavy atom. The average Bonchev–Trinajstić information content (AvgIpc) is 3.04. The molecule has 6 heteroatoms. The summed E-state index contributed by atoms with van der Waals surface area (Å²) in [6, 6.07) is 13.3. The Balaban J connectivity index is 1.90. The number of aryl methyl sites for hydroxylation is 1. The van der Waals surface area contributed by atoms with E-state index in [0.717, 1.165) is 27.7 Å². The highest BCUT2D eigenvalue weighted by molar-refractivity contribution is 5.96. The van der Waals surface area contributed by atoms with Crippen molar-refractivity contribution in [3.8, 4) is 5.75 Å². The standard InChI is InChI=1S/C27H31NO5/c1-7-13-32-26(29)21-11-12-24-23(15-21)18(4)19(5)28(24)16-20-9-8-10-22(14-20)33-25(17(2)3)27(30)31-6/h7-12,14-15,17,25H,1,13,16H2,2-6H3/t25-/m1/s1. The third kappa shape index (κ3) is 5.28. The van der Waals surface area contributed by atoms with E-state index in [4.69, 9.17) is 14.2 Å². The number of fused-ring (bicyclic) bond motifs is 1. The Bertz CT molecular complexity index is 1170. The fourth-order valence-corrected chi connectivity index (χ4v) is 3.82. The molecule has 0 saturated heterocycles. The molecule has 33 heavy (non-hydrogen) atoms. The van der Waals surface area contributed by atoms with E-state index in [2.05, 4.69) is 25.0 Å². The summed E-state index contributed by atoms with van der Waals surface area (Å²) in [4.78, 5) is 24.3. The fourth-order valence-electron chi connectivity index (χ4n) is 3.82.